The highest BCUT2D eigenvalue weighted by Gasteiger charge is 2.12. The van der Waals surface area contributed by atoms with Gasteiger partial charge in [-0.2, -0.15) is 0 Å². The van der Waals surface area contributed by atoms with Gasteiger partial charge in [0.15, 0.2) is 0 Å². The lowest BCUT2D eigenvalue weighted by Crippen LogP contribution is -2.04. The molecule has 0 heterocycles. The smallest absolute Gasteiger partial charge is 0.337 e. The minimum absolute atomic E-state index is 0.141. The van der Waals surface area contributed by atoms with E-state index in [-0.39, 0.29) is 5.56 Å². The number of carboxylic acid groups (broad SMARTS) is 1. The second-order valence-corrected chi connectivity index (χ2v) is 4.32. The first kappa shape index (κ1) is 13.9. The zero-order chi connectivity index (χ0) is 14.7. The number of anilines is 2. The van der Waals surface area contributed by atoms with E-state index in [0.717, 1.165) is 5.56 Å². The summed E-state index contributed by atoms with van der Waals surface area (Å²) in [7, 11) is 1.42. The number of ether oxygens (including phenoxy) is 1. The minimum Gasteiger partial charge on any atom is -0.494 e. The Morgan fingerprint density at radius 2 is 1.95 bits per heavy atom. The van der Waals surface area contributed by atoms with Gasteiger partial charge in [0.1, 0.15) is 11.6 Å². The number of hydrogen-bond acceptors (Lipinski definition) is 3. The van der Waals surface area contributed by atoms with Gasteiger partial charge in [-0.25, -0.2) is 9.18 Å². The number of carboxylic acids is 1. The van der Waals surface area contributed by atoms with Crippen LogP contribution in [0.1, 0.15) is 15.9 Å². The lowest BCUT2D eigenvalue weighted by Gasteiger charge is -2.13. The van der Waals surface area contributed by atoms with Crippen molar-refractivity contribution >= 4 is 17.3 Å². The predicted octanol–water partition coefficient (Wildman–Crippen LogP) is 3.58. The monoisotopic (exact) mass is 275 g/mol. The molecule has 104 valence electrons. The Labute approximate surface area is 115 Å². The third-order valence-electron chi connectivity index (χ3n) is 2.84. The van der Waals surface area contributed by atoms with Crippen LogP contribution in [0.15, 0.2) is 36.4 Å². The molecule has 0 aliphatic heterocycles. The molecule has 0 atom stereocenters. The van der Waals surface area contributed by atoms with Gasteiger partial charge in [0.25, 0.3) is 0 Å². The Hall–Kier alpha value is -2.56. The number of carbonyl (C=O) groups is 1. The molecule has 0 saturated heterocycles. The Kier molecular flexibility index (Phi) is 3.89. The van der Waals surface area contributed by atoms with Gasteiger partial charge in [-0.05, 0) is 36.8 Å². The van der Waals surface area contributed by atoms with E-state index in [2.05, 4.69) is 5.32 Å². The summed E-state index contributed by atoms with van der Waals surface area (Å²) in [5.41, 5.74) is 1.99. The van der Waals surface area contributed by atoms with Crippen molar-refractivity contribution in [2.24, 2.45) is 0 Å². The second-order valence-electron chi connectivity index (χ2n) is 4.32. The minimum atomic E-state index is -1.03. The topological polar surface area (TPSA) is 58.6 Å². The van der Waals surface area contributed by atoms with Crippen LogP contribution in [-0.4, -0.2) is 18.2 Å². The molecule has 20 heavy (non-hydrogen) atoms. The molecule has 0 aliphatic carbocycles. The fourth-order valence-electron chi connectivity index (χ4n) is 1.86. The zero-order valence-electron chi connectivity index (χ0n) is 11.1. The Morgan fingerprint density at radius 1 is 1.20 bits per heavy atom. The first-order valence-corrected chi connectivity index (χ1v) is 5.96. The van der Waals surface area contributed by atoms with Gasteiger partial charge >= 0.3 is 5.97 Å². The quantitative estimate of drug-likeness (QED) is 0.895. The Bertz CT molecular complexity index is 656. The molecule has 0 saturated carbocycles. The summed E-state index contributed by atoms with van der Waals surface area (Å²) in [5, 5.41) is 12.1. The van der Waals surface area contributed by atoms with Crippen LogP contribution in [0.3, 0.4) is 0 Å². The highest BCUT2D eigenvalue weighted by atomic mass is 19.1. The van der Waals surface area contributed by atoms with Crippen molar-refractivity contribution in [3.8, 4) is 5.75 Å². The van der Waals surface area contributed by atoms with Gasteiger partial charge < -0.3 is 15.2 Å². The molecular formula is C15H14FNO3. The first-order valence-electron chi connectivity index (χ1n) is 5.96. The SMILES string of the molecule is COc1cc(F)ccc1Nc1cc(C)ccc1C(=O)O. The van der Waals surface area contributed by atoms with E-state index < -0.39 is 11.8 Å². The van der Waals surface area contributed by atoms with Crippen LogP contribution >= 0.6 is 0 Å². The van der Waals surface area contributed by atoms with Gasteiger partial charge in [0.05, 0.1) is 24.0 Å². The molecule has 0 bridgehead atoms. The Balaban J connectivity index is 2.44. The number of rotatable bonds is 4. The van der Waals surface area contributed by atoms with Crippen molar-refractivity contribution in [1.82, 2.24) is 0 Å². The number of nitrogens with one attached hydrogen (secondary N) is 1. The average molecular weight is 275 g/mol. The molecule has 0 spiro atoms. The average Bonchev–Trinajstić information content (AvgIpc) is 2.40. The molecule has 2 aromatic rings. The Morgan fingerprint density at radius 3 is 2.60 bits per heavy atom. The van der Waals surface area contributed by atoms with Gasteiger partial charge in [0.2, 0.25) is 0 Å². The molecule has 2 rings (SSSR count). The highest BCUT2D eigenvalue weighted by molar-refractivity contribution is 5.95. The van der Waals surface area contributed by atoms with Crippen LogP contribution in [0, 0.1) is 12.7 Å². The van der Waals surface area contributed by atoms with Gasteiger partial charge in [-0.15, -0.1) is 0 Å². The normalized spacial score (nSPS) is 10.2. The molecule has 2 aromatic carbocycles. The van der Waals surface area contributed by atoms with Gasteiger partial charge in [-0.3, -0.25) is 0 Å². The molecule has 0 amide bonds. The standard InChI is InChI=1S/C15H14FNO3/c1-9-3-5-11(15(18)19)13(7-9)17-12-6-4-10(16)8-14(12)20-2/h3-8,17H,1-2H3,(H,18,19). The molecule has 4 nitrogen and oxygen atoms in total. The van der Waals surface area contributed by atoms with E-state index >= 15 is 0 Å². The fraction of sp³-hybridized carbons (Fsp3) is 0.133. The summed E-state index contributed by atoms with van der Waals surface area (Å²) >= 11 is 0. The summed E-state index contributed by atoms with van der Waals surface area (Å²) in [6.45, 7) is 1.86. The molecule has 2 N–H and O–H groups in total. The van der Waals surface area contributed by atoms with Crippen LogP contribution in [0.4, 0.5) is 15.8 Å². The van der Waals surface area contributed by atoms with Crippen LogP contribution < -0.4 is 10.1 Å². The molecule has 0 fully saturated rings. The molecule has 5 heteroatoms. The van der Waals surface area contributed by atoms with Crippen LogP contribution in [0.2, 0.25) is 0 Å². The van der Waals surface area contributed by atoms with Crippen molar-refractivity contribution in [2.75, 3.05) is 12.4 Å². The number of benzene rings is 2. The second kappa shape index (κ2) is 5.61. The summed E-state index contributed by atoms with van der Waals surface area (Å²) < 4.78 is 18.2. The van der Waals surface area contributed by atoms with E-state index in [9.17, 15) is 14.3 Å². The summed E-state index contributed by atoms with van der Waals surface area (Å²) in [5.74, 6) is -1.15. The zero-order valence-corrected chi connectivity index (χ0v) is 11.1. The fourth-order valence-corrected chi connectivity index (χ4v) is 1.86. The van der Waals surface area contributed by atoms with E-state index in [0.29, 0.717) is 17.1 Å². The van der Waals surface area contributed by atoms with E-state index in [1.165, 1.54) is 31.4 Å². The predicted molar refractivity (Wildman–Crippen MR) is 74.4 cm³/mol. The highest BCUT2D eigenvalue weighted by Crippen LogP contribution is 2.30. The van der Waals surface area contributed by atoms with E-state index in [1.54, 1.807) is 12.1 Å². The molecular weight excluding hydrogens is 261 g/mol. The number of hydrogen-bond donors (Lipinski definition) is 2. The number of methoxy groups -OCH3 is 1. The summed E-state index contributed by atoms with van der Waals surface area (Å²) in [6, 6.07) is 8.97. The lowest BCUT2D eigenvalue weighted by molar-refractivity contribution is 0.0698. The number of aryl methyl sites for hydroxylation is 1. The third kappa shape index (κ3) is 2.88. The number of halogens is 1. The van der Waals surface area contributed by atoms with Crippen molar-refractivity contribution in [2.45, 2.75) is 6.92 Å². The first-order chi connectivity index (χ1) is 9.51. The van der Waals surface area contributed by atoms with E-state index in [1.807, 2.05) is 6.92 Å². The maximum absolute atomic E-state index is 13.1. The maximum atomic E-state index is 13.1. The van der Waals surface area contributed by atoms with Crippen molar-refractivity contribution in [3.63, 3.8) is 0 Å². The third-order valence-corrected chi connectivity index (χ3v) is 2.84. The maximum Gasteiger partial charge on any atom is 0.337 e. The van der Waals surface area contributed by atoms with Gasteiger partial charge in [-0.1, -0.05) is 6.07 Å². The van der Waals surface area contributed by atoms with E-state index in [4.69, 9.17) is 4.74 Å². The van der Waals surface area contributed by atoms with Crippen LogP contribution in [0.5, 0.6) is 5.75 Å². The lowest BCUT2D eigenvalue weighted by atomic mass is 10.1. The molecule has 0 aliphatic rings. The molecule has 0 radical (unpaired) electrons. The molecule has 0 aromatic heterocycles. The van der Waals surface area contributed by atoms with Gasteiger partial charge in [0, 0.05) is 6.07 Å². The van der Waals surface area contributed by atoms with Crippen molar-refractivity contribution in [1.29, 1.82) is 0 Å². The van der Waals surface area contributed by atoms with Crippen LogP contribution in [0.25, 0.3) is 0 Å². The number of aromatic carboxylic acids is 1. The molecule has 0 unspecified atom stereocenters. The van der Waals surface area contributed by atoms with Crippen molar-refractivity contribution < 1.29 is 19.0 Å². The van der Waals surface area contributed by atoms with Crippen LogP contribution in [-0.2, 0) is 0 Å². The summed E-state index contributed by atoms with van der Waals surface area (Å²) in [4.78, 5) is 11.2. The van der Waals surface area contributed by atoms with Crippen molar-refractivity contribution in [3.05, 3.63) is 53.3 Å². The summed E-state index contributed by atoms with van der Waals surface area (Å²) in [6.07, 6.45) is 0. The largest absolute Gasteiger partial charge is 0.494 e.